The van der Waals surface area contributed by atoms with Crippen LogP contribution in [0.25, 0.3) is 16.7 Å². The number of thioether (sulfide) groups is 1. The molecule has 116 valence electrons. The fourth-order valence-electron chi connectivity index (χ4n) is 2.65. The van der Waals surface area contributed by atoms with Crippen molar-refractivity contribution < 1.29 is 0 Å². The van der Waals surface area contributed by atoms with Gasteiger partial charge in [0.25, 0.3) is 5.56 Å². The number of nitrogens with zero attached hydrogens (tertiary/aromatic N) is 4. The van der Waals surface area contributed by atoms with E-state index >= 15 is 0 Å². The topological polar surface area (TPSA) is 63.6 Å². The second kappa shape index (κ2) is 5.94. The predicted octanol–water partition coefficient (Wildman–Crippen LogP) is 3.05. The zero-order chi connectivity index (χ0) is 16.6. The second-order valence-corrected chi connectivity index (χ2v) is 6.11. The van der Waals surface area contributed by atoms with Crippen LogP contribution in [0.3, 0.4) is 0 Å². The Morgan fingerprint density at radius 2 is 1.96 bits per heavy atom. The van der Waals surface area contributed by atoms with Gasteiger partial charge in [-0.05, 0) is 38.3 Å². The maximum atomic E-state index is 13.1. The minimum Gasteiger partial charge on any atom is -0.325 e. The fourth-order valence-corrected chi connectivity index (χ4v) is 3.21. The predicted molar refractivity (Wildman–Crippen MR) is 92.2 cm³/mol. The summed E-state index contributed by atoms with van der Waals surface area (Å²) in [6.07, 6.45) is 1.90. The molecule has 0 atom stereocenters. The van der Waals surface area contributed by atoms with Gasteiger partial charge in [-0.15, -0.1) is 0 Å². The average Bonchev–Trinajstić information content (AvgIpc) is 2.85. The zero-order valence-electron chi connectivity index (χ0n) is 13.2. The van der Waals surface area contributed by atoms with Crippen molar-refractivity contribution in [2.45, 2.75) is 25.5 Å². The van der Waals surface area contributed by atoms with E-state index < -0.39 is 0 Å². The van der Waals surface area contributed by atoms with Crippen LogP contribution < -0.4 is 5.56 Å². The highest BCUT2D eigenvalue weighted by Crippen LogP contribution is 2.21. The third-order valence-electron chi connectivity index (χ3n) is 3.80. The molecule has 23 heavy (non-hydrogen) atoms. The first-order valence-electron chi connectivity index (χ1n) is 7.17. The monoisotopic (exact) mass is 324 g/mol. The Balaban J connectivity index is 2.39. The maximum Gasteiger partial charge on any atom is 0.283 e. The van der Waals surface area contributed by atoms with E-state index in [4.69, 9.17) is 5.26 Å². The number of nitriles is 1. The van der Waals surface area contributed by atoms with Crippen LogP contribution in [0.1, 0.15) is 11.3 Å². The van der Waals surface area contributed by atoms with Gasteiger partial charge in [0.05, 0.1) is 17.3 Å². The molecule has 2 aromatic heterocycles. The molecule has 0 unspecified atom stereocenters. The van der Waals surface area contributed by atoms with Gasteiger partial charge >= 0.3 is 0 Å². The smallest absolute Gasteiger partial charge is 0.283 e. The Hall–Kier alpha value is -2.52. The number of benzene rings is 1. The molecule has 3 aromatic rings. The summed E-state index contributed by atoms with van der Waals surface area (Å²) in [5, 5.41) is 9.67. The number of rotatable bonds is 3. The zero-order valence-corrected chi connectivity index (χ0v) is 14.0. The Kier molecular flexibility index (Phi) is 3.97. The summed E-state index contributed by atoms with van der Waals surface area (Å²) < 4.78 is 3.33. The van der Waals surface area contributed by atoms with E-state index in [-0.39, 0.29) is 12.1 Å². The van der Waals surface area contributed by atoms with Gasteiger partial charge in [0.2, 0.25) is 0 Å². The van der Waals surface area contributed by atoms with Crippen molar-refractivity contribution in [2.75, 3.05) is 6.26 Å². The lowest BCUT2D eigenvalue weighted by Gasteiger charge is -2.12. The van der Waals surface area contributed by atoms with Crippen LogP contribution in [-0.4, -0.2) is 20.4 Å². The maximum absolute atomic E-state index is 13.1. The van der Waals surface area contributed by atoms with Crippen LogP contribution in [-0.2, 0) is 6.54 Å². The van der Waals surface area contributed by atoms with Crippen molar-refractivity contribution in [3.8, 4) is 11.8 Å². The van der Waals surface area contributed by atoms with E-state index in [1.54, 1.807) is 9.13 Å². The third kappa shape index (κ3) is 2.53. The van der Waals surface area contributed by atoms with Crippen molar-refractivity contribution in [2.24, 2.45) is 0 Å². The summed E-state index contributed by atoms with van der Waals surface area (Å²) in [7, 11) is 0. The Morgan fingerprint density at radius 1 is 1.26 bits per heavy atom. The van der Waals surface area contributed by atoms with E-state index in [0.717, 1.165) is 16.9 Å². The van der Waals surface area contributed by atoms with Crippen LogP contribution in [0.15, 0.2) is 40.3 Å². The van der Waals surface area contributed by atoms with Gasteiger partial charge < -0.3 is 4.57 Å². The molecule has 0 radical (unpaired) electrons. The summed E-state index contributed by atoms with van der Waals surface area (Å²) in [5.74, 6) is 0. The number of aryl methyl sites for hydroxylation is 2. The lowest BCUT2D eigenvalue weighted by atomic mass is 10.2. The Morgan fingerprint density at radius 3 is 2.57 bits per heavy atom. The van der Waals surface area contributed by atoms with Crippen molar-refractivity contribution in [1.82, 2.24) is 14.1 Å². The summed E-state index contributed by atoms with van der Waals surface area (Å²) in [6.45, 7) is 4.02. The number of aromatic nitrogens is 3. The van der Waals surface area contributed by atoms with Gasteiger partial charge in [-0.3, -0.25) is 9.36 Å². The van der Waals surface area contributed by atoms with Crippen molar-refractivity contribution in [3.05, 3.63) is 51.9 Å². The minimum atomic E-state index is -0.147. The summed E-state index contributed by atoms with van der Waals surface area (Å²) >= 11 is 1.43. The molecule has 1 aromatic carbocycles. The number of hydrogen-bond donors (Lipinski definition) is 0. The summed E-state index contributed by atoms with van der Waals surface area (Å²) in [6, 6.07) is 11.7. The molecule has 2 heterocycles. The minimum absolute atomic E-state index is 0.138. The fraction of sp³-hybridized carbons (Fsp3) is 0.235. The van der Waals surface area contributed by atoms with Gasteiger partial charge in [0.1, 0.15) is 12.1 Å². The van der Waals surface area contributed by atoms with Crippen LogP contribution in [0.4, 0.5) is 0 Å². The highest BCUT2D eigenvalue weighted by Gasteiger charge is 2.17. The molecule has 0 aliphatic heterocycles. The molecule has 0 N–H and O–H groups in total. The molecule has 0 aliphatic carbocycles. The number of fused-ring (bicyclic) bond motifs is 1. The van der Waals surface area contributed by atoms with Gasteiger partial charge in [0, 0.05) is 5.69 Å². The van der Waals surface area contributed by atoms with E-state index in [2.05, 4.69) is 11.1 Å². The van der Waals surface area contributed by atoms with Gasteiger partial charge in [0.15, 0.2) is 5.16 Å². The molecule has 3 rings (SSSR count). The highest BCUT2D eigenvalue weighted by molar-refractivity contribution is 7.98. The largest absolute Gasteiger partial charge is 0.325 e. The molecule has 0 spiro atoms. The summed E-state index contributed by atoms with van der Waals surface area (Å²) in [4.78, 5) is 17.7. The SMILES string of the molecule is CSc1nc2cc(C)n(CC#N)c2c(=O)n1-c1ccc(C)cc1. The van der Waals surface area contributed by atoms with Gasteiger partial charge in [-0.2, -0.15) is 5.26 Å². The van der Waals surface area contributed by atoms with Crippen molar-refractivity contribution in [3.63, 3.8) is 0 Å². The molecule has 6 heteroatoms. The van der Waals surface area contributed by atoms with Crippen molar-refractivity contribution >= 4 is 22.8 Å². The third-order valence-corrected chi connectivity index (χ3v) is 4.44. The van der Waals surface area contributed by atoms with Crippen LogP contribution >= 0.6 is 11.8 Å². The lowest BCUT2D eigenvalue weighted by Crippen LogP contribution is -2.23. The van der Waals surface area contributed by atoms with Crippen LogP contribution in [0.5, 0.6) is 0 Å². The van der Waals surface area contributed by atoms with E-state index in [9.17, 15) is 4.79 Å². The van der Waals surface area contributed by atoms with E-state index in [1.165, 1.54) is 11.8 Å². The Bertz CT molecular complexity index is 977. The lowest BCUT2D eigenvalue weighted by molar-refractivity contribution is 0.787. The molecular formula is C17H16N4OS. The first-order chi connectivity index (χ1) is 11.1. The molecule has 0 bridgehead atoms. The first kappa shape index (κ1) is 15.4. The molecule has 5 nitrogen and oxygen atoms in total. The molecule has 0 saturated carbocycles. The standard InChI is InChI=1S/C17H16N4OS/c1-11-4-6-13(7-5-11)21-16(22)15-14(19-17(21)23-3)10-12(2)20(15)9-8-18/h4-7,10H,9H2,1-3H3. The van der Waals surface area contributed by atoms with Crippen LogP contribution in [0, 0.1) is 25.2 Å². The quantitative estimate of drug-likeness (QED) is 0.549. The highest BCUT2D eigenvalue weighted by atomic mass is 32.2. The normalized spacial score (nSPS) is 10.9. The first-order valence-corrected chi connectivity index (χ1v) is 8.40. The summed E-state index contributed by atoms with van der Waals surface area (Å²) in [5.41, 5.74) is 3.73. The molecule has 0 aliphatic rings. The van der Waals surface area contributed by atoms with Crippen molar-refractivity contribution in [1.29, 1.82) is 5.26 Å². The number of hydrogen-bond acceptors (Lipinski definition) is 4. The average molecular weight is 324 g/mol. The molecule has 0 fully saturated rings. The molecular weight excluding hydrogens is 308 g/mol. The molecule has 0 saturated heterocycles. The Labute approximate surface area is 138 Å². The van der Waals surface area contributed by atoms with E-state index in [1.807, 2.05) is 50.4 Å². The van der Waals surface area contributed by atoms with Crippen LogP contribution in [0.2, 0.25) is 0 Å². The van der Waals surface area contributed by atoms with E-state index in [0.29, 0.717) is 16.2 Å². The van der Waals surface area contributed by atoms with Gasteiger partial charge in [-0.1, -0.05) is 29.5 Å². The van der Waals surface area contributed by atoms with Gasteiger partial charge in [-0.25, -0.2) is 4.98 Å². The second-order valence-electron chi connectivity index (χ2n) is 5.34. The molecule has 0 amide bonds.